The van der Waals surface area contributed by atoms with Gasteiger partial charge in [0.1, 0.15) is 5.82 Å². The molecule has 2 rings (SSSR count). The molecule has 1 heterocycles. The zero-order valence-corrected chi connectivity index (χ0v) is 12.9. The van der Waals surface area contributed by atoms with Crippen molar-refractivity contribution in [2.75, 3.05) is 7.05 Å². The SMILES string of the molecule is CNC(Cc1cccc(Cl)c1F)c1csc(Br)c1. The Bertz CT molecular complexity index is 544. The fourth-order valence-corrected chi connectivity index (χ4v) is 3.24. The summed E-state index contributed by atoms with van der Waals surface area (Å²) in [6.45, 7) is 0. The molecule has 1 atom stereocenters. The Morgan fingerprint density at radius 2 is 2.28 bits per heavy atom. The Labute approximate surface area is 123 Å². The maximum Gasteiger partial charge on any atom is 0.145 e. The van der Waals surface area contributed by atoms with Gasteiger partial charge >= 0.3 is 0 Å². The molecule has 18 heavy (non-hydrogen) atoms. The predicted molar refractivity (Wildman–Crippen MR) is 78.9 cm³/mol. The van der Waals surface area contributed by atoms with E-state index in [0.717, 1.165) is 9.35 Å². The third kappa shape index (κ3) is 3.12. The van der Waals surface area contributed by atoms with Gasteiger partial charge < -0.3 is 5.32 Å². The minimum Gasteiger partial charge on any atom is -0.313 e. The normalized spacial score (nSPS) is 12.7. The number of halogens is 3. The Kier molecular flexibility index (Phi) is 4.78. The highest BCUT2D eigenvalue weighted by Crippen LogP contribution is 2.28. The quantitative estimate of drug-likeness (QED) is 0.836. The lowest BCUT2D eigenvalue weighted by Gasteiger charge is -2.15. The molecule has 1 N–H and O–H groups in total. The van der Waals surface area contributed by atoms with Crippen LogP contribution in [0.2, 0.25) is 5.02 Å². The van der Waals surface area contributed by atoms with Crippen LogP contribution < -0.4 is 5.32 Å². The van der Waals surface area contributed by atoms with Crippen LogP contribution in [0, 0.1) is 5.82 Å². The molecule has 2 aromatic rings. The topological polar surface area (TPSA) is 12.0 Å². The van der Waals surface area contributed by atoms with Gasteiger partial charge in [-0.25, -0.2) is 4.39 Å². The molecule has 0 saturated heterocycles. The number of hydrogen-bond donors (Lipinski definition) is 1. The van der Waals surface area contributed by atoms with E-state index in [1.54, 1.807) is 29.5 Å². The molecule has 0 amide bonds. The minimum atomic E-state index is -0.325. The molecular weight excluding hydrogens is 337 g/mol. The fraction of sp³-hybridized carbons (Fsp3) is 0.231. The van der Waals surface area contributed by atoms with Crippen LogP contribution in [0.1, 0.15) is 17.2 Å². The third-order valence-electron chi connectivity index (χ3n) is 2.79. The van der Waals surface area contributed by atoms with Gasteiger partial charge in [0, 0.05) is 6.04 Å². The summed E-state index contributed by atoms with van der Waals surface area (Å²) in [5.74, 6) is -0.325. The first-order valence-electron chi connectivity index (χ1n) is 5.46. The highest BCUT2D eigenvalue weighted by molar-refractivity contribution is 9.11. The van der Waals surface area contributed by atoms with Crippen molar-refractivity contribution >= 4 is 38.9 Å². The molecule has 1 nitrogen and oxygen atoms in total. The maximum absolute atomic E-state index is 13.9. The van der Waals surface area contributed by atoms with E-state index < -0.39 is 0 Å². The zero-order chi connectivity index (χ0) is 13.1. The molecule has 0 bridgehead atoms. The summed E-state index contributed by atoms with van der Waals surface area (Å²) >= 11 is 10.8. The van der Waals surface area contributed by atoms with E-state index in [4.69, 9.17) is 11.6 Å². The van der Waals surface area contributed by atoms with E-state index in [9.17, 15) is 4.39 Å². The van der Waals surface area contributed by atoms with Crippen molar-refractivity contribution in [3.8, 4) is 0 Å². The number of rotatable bonds is 4. The van der Waals surface area contributed by atoms with Crippen LogP contribution in [0.4, 0.5) is 4.39 Å². The lowest BCUT2D eigenvalue weighted by atomic mass is 10.0. The first kappa shape index (κ1) is 14.0. The van der Waals surface area contributed by atoms with Crippen molar-refractivity contribution in [1.29, 1.82) is 0 Å². The monoisotopic (exact) mass is 347 g/mol. The van der Waals surface area contributed by atoms with Crippen LogP contribution in [0.25, 0.3) is 0 Å². The lowest BCUT2D eigenvalue weighted by molar-refractivity contribution is 0.555. The Morgan fingerprint density at radius 1 is 1.50 bits per heavy atom. The second kappa shape index (κ2) is 6.15. The van der Waals surface area contributed by atoms with Gasteiger partial charge in [-0.15, -0.1) is 11.3 Å². The number of thiophene rings is 1. The summed E-state index contributed by atoms with van der Waals surface area (Å²) in [7, 11) is 1.87. The maximum atomic E-state index is 13.9. The van der Waals surface area contributed by atoms with Crippen molar-refractivity contribution < 1.29 is 4.39 Å². The van der Waals surface area contributed by atoms with Gasteiger partial charge in [-0.1, -0.05) is 23.7 Å². The van der Waals surface area contributed by atoms with Gasteiger partial charge in [0.05, 0.1) is 8.81 Å². The van der Waals surface area contributed by atoms with Crippen molar-refractivity contribution in [2.45, 2.75) is 12.5 Å². The molecule has 1 aromatic heterocycles. The van der Waals surface area contributed by atoms with Crippen molar-refractivity contribution in [2.24, 2.45) is 0 Å². The summed E-state index contributed by atoms with van der Waals surface area (Å²) in [4.78, 5) is 0. The first-order chi connectivity index (χ1) is 8.61. The molecule has 5 heteroatoms. The van der Waals surface area contributed by atoms with Crippen LogP contribution in [0.3, 0.4) is 0 Å². The summed E-state index contributed by atoms with van der Waals surface area (Å²) < 4.78 is 14.9. The Hall–Kier alpha value is -0.420. The highest BCUT2D eigenvalue weighted by atomic mass is 79.9. The van der Waals surface area contributed by atoms with E-state index in [2.05, 4.69) is 26.6 Å². The second-order valence-electron chi connectivity index (χ2n) is 3.94. The fourth-order valence-electron chi connectivity index (χ4n) is 1.82. The van der Waals surface area contributed by atoms with Crippen LogP contribution >= 0.6 is 38.9 Å². The smallest absolute Gasteiger partial charge is 0.145 e. The molecule has 0 aliphatic heterocycles. The first-order valence-corrected chi connectivity index (χ1v) is 7.51. The zero-order valence-electron chi connectivity index (χ0n) is 9.71. The van der Waals surface area contributed by atoms with Gasteiger partial charge in [0.15, 0.2) is 0 Å². The lowest BCUT2D eigenvalue weighted by Crippen LogP contribution is -2.18. The molecule has 0 radical (unpaired) electrons. The van der Waals surface area contributed by atoms with Crippen molar-refractivity contribution in [3.63, 3.8) is 0 Å². The molecule has 0 fully saturated rings. The summed E-state index contributed by atoms with van der Waals surface area (Å²) in [5, 5.41) is 5.44. The molecule has 0 spiro atoms. The standard InChI is InChI=1S/C13H12BrClFNS/c1-17-11(9-6-12(14)18-7-9)5-8-3-2-4-10(15)13(8)16/h2-4,6-7,11,17H,5H2,1H3. The Balaban J connectivity index is 2.23. The van der Waals surface area contributed by atoms with Crippen molar-refractivity contribution in [1.82, 2.24) is 5.32 Å². The summed E-state index contributed by atoms with van der Waals surface area (Å²) in [6, 6.07) is 7.24. The molecule has 1 unspecified atom stereocenters. The second-order valence-corrected chi connectivity index (χ2v) is 6.64. The molecule has 0 saturated carbocycles. The number of nitrogens with one attached hydrogen (secondary N) is 1. The third-order valence-corrected chi connectivity index (χ3v) is 4.61. The molecule has 96 valence electrons. The van der Waals surface area contributed by atoms with Crippen LogP contribution in [0.15, 0.2) is 33.4 Å². The van der Waals surface area contributed by atoms with Gasteiger partial charge in [-0.2, -0.15) is 0 Å². The predicted octanol–water partition coefficient (Wildman–Crippen LogP) is 4.81. The molecular formula is C13H12BrClFNS. The molecule has 1 aromatic carbocycles. The number of likely N-dealkylation sites (N-methyl/N-ethyl adjacent to an activating group) is 1. The average molecular weight is 349 g/mol. The van der Waals surface area contributed by atoms with Gasteiger partial charge in [-0.05, 0) is 58.0 Å². The van der Waals surface area contributed by atoms with Crippen LogP contribution in [-0.4, -0.2) is 7.05 Å². The van der Waals surface area contributed by atoms with E-state index in [1.807, 2.05) is 13.1 Å². The summed E-state index contributed by atoms with van der Waals surface area (Å²) in [5.41, 5.74) is 1.78. The van der Waals surface area contributed by atoms with Gasteiger partial charge in [0.25, 0.3) is 0 Å². The summed E-state index contributed by atoms with van der Waals surface area (Å²) in [6.07, 6.45) is 0.575. The van der Waals surface area contributed by atoms with E-state index in [1.165, 1.54) is 0 Å². The van der Waals surface area contributed by atoms with Crippen LogP contribution in [-0.2, 0) is 6.42 Å². The van der Waals surface area contributed by atoms with E-state index >= 15 is 0 Å². The number of benzene rings is 1. The number of hydrogen-bond acceptors (Lipinski definition) is 2. The van der Waals surface area contributed by atoms with Gasteiger partial charge in [-0.3, -0.25) is 0 Å². The average Bonchev–Trinajstić information content (AvgIpc) is 2.78. The molecule has 0 aliphatic carbocycles. The van der Waals surface area contributed by atoms with E-state index in [-0.39, 0.29) is 16.9 Å². The Morgan fingerprint density at radius 3 is 2.89 bits per heavy atom. The largest absolute Gasteiger partial charge is 0.313 e. The molecule has 0 aliphatic rings. The van der Waals surface area contributed by atoms with E-state index in [0.29, 0.717) is 12.0 Å². The highest BCUT2D eigenvalue weighted by Gasteiger charge is 2.15. The van der Waals surface area contributed by atoms with Crippen LogP contribution in [0.5, 0.6) is 0 Å². The van der Waals surface area contributed by atoms with Crippen molar-refractivity contribution in [3.05, 3.63) is 55.4 Å². The van der Waals surface area contributed by atoms with Gasteiger partial charge in [0.2, 0.25) is 0 Å². The minimum absolute atomic E-state index is 0.0838.